The molecule has 0 radical (unpaired) electrons. The van der Waals surface area contributed by atoms with Gasteiger partial charge < -0.3 is 41.9 Å². The van der Waals surface area contributed by atoms with Crippen LogP contribution in [0, 0.1) is 5.41 Å². The molecule has 2 aromatic rings. The first-order chi connectivity index (χ1) is 23.8. The van der Waals surface area contributed by atoms with E-state index in [0.717, 1.165) is 16.9 Å². The number of aromatic nitrogens is 1. The molecule has 0 unspecified atom stereocenters. The SMILES string of the molecule is CC1(C)[C@H](NC(=O)/C(=N\O[C@](C)(C(=O)O)[C@H]2CCc3cc(C(=N)NC4CCC(O)(CN)CC4)ccc3O2)c2csc(N)n2)C(=O)N1OS(=O)(=O)O. The summed E-state index contributed by atoms with van der Waals surface area (Å²) >= 11 is 0.955. The van der Waals surface area contributed by atoms with Crippen LogP contribution >= 0.6 is 11.3 Å². The summed E-state index contributed by atoms with van der Waals surface area (Å²) in [5, 5.41) is 40.6. The lowest BCUT2D eigenvalue weighted by Gasteiger charge is -2.50. The van der Waals surface area contributed by atoms with E-state index < -0.39 is 62.8 Å². The molecule has 19 nitrogen and oxygen atoms in total. The van der Waals surface area contributed by atoms with Crippen LogP contribution in [0.2, 0.25) is 0 Å². The number of aliphatic hydroxyl groups is 1. The topological polar surface area (TPSA) is 302 Å². The molecule has 1 aromatic carbocycles. The fourth-order valence-electron chi connectivity index (χ4n) is 6.12. The van der Waals surface area contributed by atoms with Crippen molar-refractivity contribution in [2.75, 3.05) is 12.3 Å². The molecule has 51 heavy (non-hydrogen) atoms. The Balaban J connectivity index is 1.30. The van der Waals surface area contributed by atoms with Crippen molar-refractivity contribution in [3.8, 4) is 5.75 Å². The van der Waals surface area contributed by atoms with Crippen molar-refractivity contribution in [2.24, 2.45) is 10.9 Å². The Labute approximate surface area is 296 Å². The van der Waals surface area contributed by atoms with Gasteiger partial charge >= 0.3 is 16.4 Å². The Bertz CT molecular complexity index is 1860. The summed E-state index contributed by atoms with van der Waals surface area (Å²) in [4.78, 5) is 48.4. The number of ether oxygens (including phenoxy) is 1. The van der Waals surface area contributed by atoms with E-state index in [1.54, 1.807) is 18.2 Å². The van der Waals surface area contributed by atoms with Gasteiger partial charge in [-0.05, 0) is 83.1 Å². The molecule has 2 fully saturated rings. The number of amides is 2. The number of nitrogens with two attached hydrogens (primary N) is 2. The number of oxime groups is 1. The normalized spacial score (nSPS) is 25.8. The van der Waals surface area contributed by atoms with Crippen LogP contribution in [0.25, 0.3) is 0 Å². The first-order valence-electron chi connectivity index (χ1n) is 15.9. The highest BCUT2D eigenvalue weighted by molar-refractivity contribution is 7.80. The van der Waals surface area contributed by atoms with Crippen molar-refractivity contribution < 1.29 is 51.4 Å². The third kappa shape index (κ3) is 7.92. The highest BCUT2D eigenvalue weighted by Gasteiger charge is 2.58. The zero-order valence-corrected chi connectivity index (χ0v) is 29.5. The predicted molar refractivity (Wildman–Crippen MR) is 181 cm³/mol. The van der Waals surface area contributed by atoms with E-state index in [9.17, 15) is 33.0 Å². The molecule has 1 saturated heterocycles. The molecule has 3 atom stereocenters. The first kappa shape index (κ1) is 37.8. The summed E-state index contributed by atoms with van der Waals surface area (Å²) in [6.07, 6.45) is 1.85. The molecule has 2 amide bonds. The summed E-state index contributed by atoms with van der Waals surface area (Å²) in [6, 6.07) is 3.76. The zero-order valence-electron chi connectivity index (χ0n) is 27.9. The van der Waals surface area contributed by atoms with Crippen molar-refractivity contribution in [2.45, 2.75) is 94.2 Å². The number of carboxylic acids is 1. The molecule has 1 aromatic heterocycles. The number of nitrogen functional groups attached to an aromatic ring is 1. The number of carbonyl (C=O) groups is 3. The molecular weight excluding hydrogens is 713 g/mol. The van der Waals surface area contributed by atoms with Gasteiger partial charge in [0.05, 0.1) is 11.1 Å². The number of amidine groups is 1. The maximum absolute atomic E-state index is 13.5. The van der Waals surface area contributed by atoms with E-state index in [1.165, 1.54) is 26.2 Å². The van der Waals surface area contributed by atoms with E-state index in [-0.39, 0.29) is 35.7 Å². The summed E-state index contributed by atoms with van der Waals surface area (Å²) in [5.41, 5.74) is 7.70. The summed E-state index contributed by atoms with van der Waals surface area (Å²) in [7, 11) is -5.04. The van der Waals surface area contributed by atoms with E-state index >= 15 is 0 Å². The molecule has 0 bridgehead atoms. The number of rotatable bonds is 12. The monoisotopic (exact) mass is 752 g/mol. The third-order valence-electron chi connectivity index (χ3n) is 9.41. The minimum absolute atomic E-state index is 0.0112. The second kappa shape index (κ2) is 14.0. The Morgan fingerprint density at radius 1 is 1.25 bits per heavy atom. The van der Waals surface area contributed by atoms with Crippen molar-refractivity contribution in [1.29, 1.82) is 5.41 Å². The van der Waals surface area contributed by atoms with Gasteiger partial charge in [0.2, 0.25) is 0 Å². The van der Waals surface area contributed by atoms with Crippen LogP contribution in [-0.4, -0.2) is 104 Å². The Kier molecular flexibility index (Phi) is 10.4. The minimum Gasteiger partial charge on any atom is -0.485 e. The van der Waals surface area contributed by atoms with Gasteiger partial charge in [-0.25, -0.2) is 9.78 Å². The number of nitrogens with zero attached hydrogens (tertiary/aromatic N) is 3. The van der Waals surface area contributed by atoms with Crippen LogP contribution in [0.15, 0.2) is 28.7 Å². The van der Waals surface area contributed by atoms with E-state index in [4.69, 9.17) is 31.0 Å². The first-order valence-corrected chi connectivity index (χ1v) is 18.1. The molecule has 278 valence electrons. The molecular formula is C30H40N8O11S2. The van der Waals surface area contributed by atoms with E-state index in [0.29, 0.717) is 48.5 Å². The number of benzene rings is 1. The molecule has 0 spiro atoms. The van der Waals surface area contributed by atoms with Gasteiger partial charge in [0, 0.05) is 23.5 Å². The number of aryl methyl sites for hydroxylation is 1. The van der Waals surface area contributed by atoms with Crippen LogP contribution < -0.4 is 26.8 Å². The quantitative estimate of drug-likeness (QED) is 0.0468. The van der Waals surface area contributed by atoms with Crippen LogP contribution in [-0.2, 0) is 40.3 Å². The number of hydrogen-bond acceptors (Lipinski definition) is 15. The van der Waals surface area contributed by atoms with Gasteiger partial charge in [-0.1, -0.05) is 5.16 Å². The average molecular weight is 753 g/mol. The van der Waals surface area contributed by atoms with Gasteiger partial charge in [0.25, 0.3) is 17.4 Å². The number of fused-ring (bicyclic) bond motifs is 1. The highest BCUT2D eigenvalue weighted by Crippen LogP contribution is 2.36. The fourth-order valence-corrected chi connectivity index (χ4v) is 7.12. The molecule has 2 aliphatic heterocycles. The summed E-state index contributed by atoms with van der Waals surface area (Å²) in [5.74, 6) is -2.91. The number of β-lactam (4-membered cyclic amide) rings is 1. The number of carboxylic acid groups (broad SMARTS) is 1. The number of aliphatic carboxylic acids is 1. The number of anilines is 1. The third-order valence-corrected chi connectivity index (χ3v) is 10.4. The highest BCUT2D eigenvalue weighted by atomic mass is 32.3. The maximum Gasteiger partial charge on any atom is 0.418 e. The fraction of sp³-hybridized carbons (Fsp3) is 0.533. The minimum atomic E-state index is -5.04. The lowest BCUT2D eigenvalue weighted by molar-refractivity contribution is -0.218. The Morgan fingerprint density at radius 2 is 1.94 bits per heavy atom. The van der Waals surface area contributed by atoms with Crippen LogP contribution in [0.1, 0.15) is 69.7 Å². The van der Waals surface area contributed by atoms with Crippen molar-refractivity contribution in [3.05, 3.63) is 40.4 Å². The van der Waals surface area contributed by atoms with Gasteiger partial charge in [-0.3, -0.25) is 19.6 Å². The van der Waals surface area contributed by atoms with E-state index in [2.05, 4.69) is 25.1 Å². The average Bonchev–Trinajstić information content (AvgIpc) is 3.51. The van der Waals surface area contributed by atoms with Crippen LogP contribution in [0.4, 0.5) is 5.13 Å². The number of thiazole rings is 1. The molecule has 1 aliphatic carbocycles. The molecule has 21 heteroatoms. The Hall–Kier alpha value is -4.41. The van der Waals surface area contributed by atoms with Crippen LogP contribution in [0.5, 0.6) is 5.75 Å². The second-order valence-corrected chi connectivity index (χ2v) is 15.3. The zero-order chi connectivity index (χ0) is 37.5. The summed E-state index contributed by atoms with van der Waals surface area (Å²) < 4.78 is 41.8. The van der Waals surface area contributed by atoms with Crippen molar-refractivity contribution in [1.82, 2.24) is 20.7 Å². The maximum atomic E-state index is 13.5. The largest absolute Gasteiger partial charge is 0.485 e. The molecule has 10 N–H and O–H groups in total. The molecule has 1 saturated carbocycles. The van der Waals surface area contributed by atoms with Gasteiger partial charge in [0.1, 0.15) is 23.3 Å². The number of nitrogens with one attached hydrogen (secondary N) is 3. The summed E-state index contributed by atoms with van der Waals surface area (Å²) in [6.45, 7) is 4.15. The van der Waals surface area contributed by atoms with Gasteiger partial charge in [0.15, 0.2) is 16.9 Å². The molecule has 3 heterocycles. The number of hydrogen-bond donors (Lipinski definition) is 8. The van der Waals surface area contributed by atoms with Crippen molar-refractivity contribution in [3.63, 3.8) is 0 Å². The lowest BCUT2D eigenvalue weighted by atomic mass is 9.82. The van der Waals surface area contributed by atoms with E-state index in [1.807, 2.05) is 0 Å². The Morgan fingerprint density at radius 3 is 2.51 bits per heavy atom. The second-order valence-electron chi connectivity index (χ2n) is 13.4. The standard InChI is InChI=1S/C30H40N8O11S2/c1-28(2)22(25(40)38(28)49-51(44,45)46)36-24(39)21(18-13-50-27(33)35-18)37-48-29(3,26(41)42)20-7-5-15-12-16(4-6-19(15)47-20)23(32)34-17-8-10-30(43,14-31)11-9-17/h4,6,12-13,17,20,22,43H,5,7-11,14,31H2,1-3H3,(H2,32,34)(H2,33,35)(H,36,39)(H,41,42)(H,44,45,46)/b37-21-/t17?,20-,22-,29+,30?/m1/s1. The lowest BCUT2D eigenvalue weighted by Crippen LogP contribution is -2.76. The molecule has 3 aliphatic rings. The van der Waals surface area contributed by atoms with Crippen molar-refractivity contribution >= 4 is 56.2 Å². The van der Waals surface area contributed by atoms with Crippen LogP contribution in [0.3, 0.4) is 0 Å². The number of carbonyl (C=O) groups excluding carboxylic acids is 2. The number of hydroxylamine groups is 2. The smallest absolute Gasteiger partial charge is 0.418 e. The van der Waals surface area contributed by atoms with Gasteiger partial charge in [-0.15, -0.1) is 15.6 Å². The van der Waals surface area contributed by atoms with Gasteiger partial charge in [-0.2, -0.15) is 13.5 Å². The predicted octanol–water partition coefficient (Wildman–Crippen LogP) is 0.0705. The molecule has 5 rings (SSSR count).